The summed E-state index contributed by atoms with van der Waals surface area (Å²) in [6.45, 7) is 1.98. The summed E-state index contributed by atoms with van der Waals surface area (Å²) in [6, 6.07) is 15.8. The fourth-order valence-corrected chi connectivity index (χ4v) is 3.94. The summed E-state index contributed by atoms with van der Waals surface area (Å²) in [6.07, 6.45) is 1.57. The Bertz CT molecular complexity index is 715. The van der Waals surface area contributed by atoms with Gasteiger partial charge in [-0.1, -0.05) is 36.4 Å². The molecule has 3 heterocycles. The lowest BCUT2D eigenvalue weighted by molar-refractivity contribution is -0.178. The van der Waals surface area contributed by atoms with Crippen LogP contribution in [-0.4, -0.2) is 65.8 Å². The second-order valence-corrected chi connectivity index (χ2v) is 7.30. The molecule has 0 spiro atoms. The van der Waals surface area contributed by atoms with E-state index in [9.17, 15) is 5.11 Å². The van der Waals surface area contributed by atoms with Crippen LogP contribution in [-0.2, 0) is 22.4 Å². The van der Waals surface area contributed by atoms with Gasteiger partial charge in [-0.25, -0.2) is 0 Å². The Balaban J connectivity index is 1.39. The third-order valence-corrected chi connectivity index (χ3v) is 5.47. The van der Waals surface area contributed by atoms with E-state index in [1.165, 1.54) is 5.56 Å². The number of nitrogens with one attached hydrogen (secondary N) is 1. The van der Waals surface area contributed by atoms with Crippen LogP contribution in [0.1, 0.15) is 11.3 Å². The number of fused-ring (bicyclic) bond motifs is 2. The third kappa shape index (κ3) is 4.20. The van der Waals surface area contributed by atoms with Crippen LogP contribution in [0, 0.1) is 0 Å². The summed E-state index contributed by atoms with van der Waals surface area (Å²) >= 11 is 0. The zero-order valence-electron chi connectivity index (χ0n) is 15.6. The normalized spacial score (nSPS) is 30.0. The Labute approximate surface area is 160 Å². The molecule has 6 heteroatoms. The van der Waals surface area contributed by atoms with Gasteiger partial charge in [-0.15, -0.1) is 0 Å². The second-order valence-electron chi connectivity index (χ2n) is 7.30. The van der Waals surface area contributed by atoms with Crippen molar-refractivity contribution in [3.63, 3.8) is 0 Å². The van der Waals surface area contributed by atoms with E-state index in [2.05, 4.69) is 27.3 Å². The highest BCUT2D eigenvalue weighted by Gasteiger charge is 2.51. The van der Waals surface area contributed by atoms with Gasteiger partial charge in [-0.2, -0.15) is 0 Å². The zero-order chi connectivity index (χ0) is 18.6. The maximum absolute atomic E-state index is 11.1. The van der Waals surface area contributed by atoms with Crippen molar-refractivity contribution in [1.29, 1.82) is 0 Å². The van der Waals surface area contributed by atoms with Crippen LogP contribution in [0.25, 0.3) is 0 Å². The predicted octanol–water partition coefficient (Wildman–Crippen LogP) is 1.20. The van der Waals surface area contributed by atoms with Gasteiger partial charge < -0.3 is 19.9 Å². The monoisotopic (exact) mass is 369 g/mol. The molecule has 0 aliphatic carbocycles. The molecular formula is C21H27N3O3. The topological polar surface area (TPSA) is 66.9 Å². The van der Waals surface area contributed by atoms with Gasteiger partial charge in [0, 0.05) is 31.4 Å². The maximum Gasteiger partial charge on any atom is 0.176 e. The van der Waals surface area contributed by atoms with Gasteiger partial charge in [0.1, 0.15) is 6.10 Å². The molecule has 2 aliphatic heterocycles. The number of aliphatic hydroxyl groups is 1. The Morgan fingerprint density at radius 3 is 2.78 bits per heavy atom. The number of pyridine rings is 1. The summed E-state index contributed by atoms with van der Waals surface area (Å²) in [5, 5.41) is 14.6. The van der Waals surface area contributed by atoms with Gasteiger partial charge >= 0.3 is 0 Å². The van der Waals surface area contributed by atoms with Gasteiger partial charge in [-0.3, -0.25) is 9.88 Å². The van der Waals surface area contributed by atoms with Crippen molar-refractivity contribution < 1.29 is 14.6 Å². The van der Waals surface area contributed by atoms with Crippen LogP contribution in [0.3, 0.4) is 0 Å². The summed E-state index contributed by atoms with van der Waals surface area (Å²) in [5.41, 5.74) is 2.23. The molecule has 6 nitrogen and oxygen atoms in total. The lowest BCUT2D eigenvalue weighted by Crippen LogP contribution is -2.63. The number of ether oxygens (including phenoxy) is 2. The number of hydrogen-bond acceptors (Lipinski definition) is 6. The molecule has 2 fully saturated rings. The summed E-state index contributed by atoms with van der Waals surface area (Å²) in [4.78, 5) is 6.50. The third-order valence-electron chi connectivity index (χ3n) is 5.47. The molecule has 2 saturated heterocycles. The van der Waals surface area contributed by atoms with E-state index in [0.29, 0.717) is 13.2 Å². The van der Waals surface area contributed by atoms with Crippen LogP contribution in [0.2, 0.25) is 0 Å². The van der Waals surface area contributed by atoms with Gasteiger partial charge in [0.05, 0.1) is 24.8 Å². The highest BCUT2D eigenvalue weighted by atomic mass is 16.7. The molecule has 5 unspecified atom stereocenters. The first-order chi connectivity index (χ1) is 13.2. The minimum atomic E-state index is -0.561. The Morgan fingerprint density at radius 1 is 1.19 bits per heavy atom. The van der Waals surface area contributed by atoms with Crippen molar-refractivity contribution in [2.45, 2.75) is 43.5 Å². The fourth-order valence-electron chi connectivity index (χ4n) is 3.94. The number of aromatic nitrogens is 1. The quantitative estimate of drug-likeness (QED) is 0.765. The Morgan fingerprint density at radius 2 is 2.00 bits per heavy atom. The highest BCUT2D eigenvalue weighted by molar-refractivity contribution is 5.15. The minimum Gasteiger partial charge on any atom is -0.390 e. The molecule has 2 aromatic rings. The number of benzene rings is 1. The maximum atomic E-state index is 11.1. The van der Waals surface area contributed by atoms with E-state index >= 15 is 0 Å². The molecule has 0 amide bonds. The Kier molecular flexibility index (Phi) is 5.80. The summed E-state index contributed by atoms with van der Waals surface area (Å²) in [5.74, 6) is 0. The van der Waals surface area contributed by atoms with Crippen molar-refractivity contribution in [1.82, 2.24) is 15.2 Å². The average Bonchev–Trinajstić information content (AvgIpc) is 3.13. The molecule has 5 atom stereocenters. The van der Waals surface area contributed by atoms with Crippen molar-refractivity contribution in [2.75, 3.05) is 20.2 Å². The standard InChI is InChI=1S/C21H27N3O3/c1-24(12-10-16-9-5-6-11-22-16)19-20(25)18(17-14-26-21(19)27-17)23-13-15-7-3-2-4-8-15/h2-9,11,17-21,23,25H,10,12-14H2,1H3. The number of hydrogen-bond donors (Lipinski definition) is 2. The van der Waals surface area contributed by atoms with Crippen LogP contribution >= 0.6 is 0 Å². The lowest BCUT2D eigenvalue weighted by Gasteiger charge is -2.42. The van der Waals surface area contributed by atoms with Crippen LogP contribution in [0.5, 0.6) is 0 Å². The molecular weight excluding hydrogens is 342 g/mol. The van der Waals surface area contributed by atoms with E-state index < -0.39 is 6.10 Å². The molecule has 0 saturated carbocycles. The van der Waals surface area contributed by atoms with Crippen LogP contribution in [0.15, 0.2) is 54.7 Å². The molecule has 2 bridgehead atoms. The zero-order valence-corrected chi connectivity index (χ0v) is 15.6. The lowest BCUT2D eigenvalue weighted by atomic mass is 9.94. The van der Waals surface area contributed by atoms with Gasteiger partial charge in [0.2, 0.25) is 0 Å². The molecule has 1 aromatic heterocycles. The van der Waals surface area contributed by atoms with E-state index in [-0.39, 0.29) is 24.5 Å². The number of aliphatic hydroxyl groups excluding tert-OH is 1. The minimum absolute atomic E-state index is 0.117. The van der Waals surface area contributed by atoms with Gasteiger partial charge in [0.25, 0.3) is 0 Å². The highest BCUT2D eigenvalue weighted by Crippen LogP contribution is 2.31. The molecule has 2 aliphatic rings. The van der Waals surface area contributed by atoms with Crippen molar-refractivity contribution >= 4 is 0 Å². The van der Waals surface area contributed by atoms with Gasteiger partial charge in [-0.05, 0) is 24.7 Å². The number of nitrogens with zero attached hydrogens (tertiary/aromatic N) is 2. The number of likely N-dealkylation sites (N-methyl/N-ethyl adjacent to an activating group) is 1. The first-order valence-electron chi connectivity index (χ1n) is 9.55. The molecule has 4 rings (SSSR count). The first kappa shape index (κ1) is 18.5. The average molecular weight is 369 g/mol. The van der Waals surface area contributed by atoms with Gasteiger partial charge in [0.15, 0.2) is 6.29 Å². The van der Waals surface area contributed by atoms with E-state index in [1.807, 2.05) is 49.6 Å². The summed E-state index contributed by atoms with van der Waals surface area (Å²) < 4.78 is 11.9. The number of rotatable bonds is 7. The molecule has 27 heavy (non-hydrogen) atoms. The van der Waals surface area contributed by atoms with Crippen LogP contribution < -0.4 is 5.32 Å². The van der Waals surface area contributed by atoms with Crippen molar-refractivity contribution in [3.8, 4) is 0 Å². The predicted molar refractivity (Wildman–Crippen MR) is 102 cm³/mol. The molecule has 2 N–H and O–H groups in total. The van der Waals surface area contributed by atoms with E-state index in [1.54, 1.807) is 0 Å². The Hall–Kier alpha value is -1.83. The van der Waals surface area contributed by atoms with E-state index in [4.69, 9.17) is 9.47 Å². The van der Waals surface area contributed by atoms with Crippen LogP contribution in [0.4, 0.5) is 0 Å². The molecule has 1 aromatic carbocycles. The van der Waals surface area contributed by atoms with Crippen molar-refractivity contribution in [2.24, 2.45) is 0 Å². The fraction of sp³-hybridized carbons (Fsp3) is 0.476. The van der Waals surface area contributed by atoms with Crippen molar-refractivity contribution in [3.05, 3.63) is 66.0 Å². The first-order valence-corrected chi connectivity index (χ1v) is 9.55. The van der Waals surface area contributed by atoms with E-state index in [0.717, 1.165) is 18.7 Å². The summed E-state index contributed by atoms with van der Waals surface area (Å²) in [7, 11) is 2.01. The molecule has 144 valence electrons. The second kappa shape index (κ2) is 8.46. The largest absolute Gasteiger partial charge is 0.390 e. The SMILES string of the molecule is CN(CCc1ccccn1)C1C2OCC(O2)C(NCc2ccccc2)C1O. The smallest absolute Gasteiger partial charge is 0.176 e. The molecule has 0 radical (unpaired) electrons.